The molecular weight excluding hydrogens is 286 g/mol. The molecule has 0 amide bonds. The van der Waals surface area contributed by atoms with E-state index in [4.69, 9.17) is 17.3 Å². The molecule has 21 heavy (non-hydrogen) atoms. The standard InChI is InChI=1S/C15H16ClN5/c16-10-1-3-12(4-2-10)21-14(8-19-15(21)17)13-7-18-9-20(13)11-5-6-11/h1-4,7,9,11,14H,5-6,8H2,(H2,17,19). The molecule has 6 heteroatoms. The highest BCUT2D eigenvalue weighted by Crippen LogP contribution is 2.39. The van der Waals surface area contributed by atoms with Gasteiger partial charge in [0.05, 0.1) is 30.8 Å². The van der Waals surface area contributed by atoms with E-state index in [2.05, 4.69) is 19.4 Å². The average molecular weight is 302 g/mol. The molecule has 4 rings (SSSR count). The number of hydrogen-bond acceptors (Lipinski definition) is 4. The van der Waals surface area contributed by atoms with Crippen LogP contribution in [0.2, 0.25) is 5.02 Å². The van der Waals surface area contributed by atoms with E-state index in [1.807, 2.05) is 36.8 Å². The minimum absolute atomic E-state index is 0.106. The first-order chi connectivity index (χ1) is 10.2. The van der Waals surface area contributed by atoms with Crippen molar-refractivity contribution < 1.29 is 0 Å². The van der Waals surface area contributed by atoms with E-state index in [0.29, 0.717) is 23.6 Å². The van der Waals surface area contributed by atoms with Gasteiger partial charge in [0.15, 0.2) is 5.96 Å². The van der Waals surface area contributed by atoms with Crippen LogP contribution in [-0.2, 0) is 0 Å². The molecule has 1 aromatic heterocycles. The quantitative estimate of drug-likeness (QED) is 0.948. The average Bonchev–Trinajstić information content (AvgIpc) is 3.09. The van der Waals surface area contributed by atoms with Gasteiger partial charge in [-0.2, -0.15) is 0 Å². The molecule has 0 saturated heterocycles. The van der Waals surface area contributed by atoms with Crippen molar-refractivity contribution in [3.63, 3.8) is 0 Å². The molecule has 2 N–H and O–H groups in total. The fourth-order valence-corrected chi connectivity index (χ4v) is 2.99. The third-order valence-corrected chi connectivity index (χ3v) is 4.32. The van der Waals surface area contributed by atoms with E-state index in [-0.39, 0.29) is 6.04 Å². The number of nitrogens with zero attached hydrogens (tertiary/aromatic N) is 4. The van der Waals surface area contributed by atoms with E-state index in [0.717, 1.165) is 5.69 Å². The summed E-state index contributed by atoms with van der Waals surface area (Å²) in [6, 6.07) is 8.39. The van der Waals surface area contributed by atoms with E-state index in [1.165, 1.54) is 18.5 Å². The summed E-state index contributed by atoms with van der Waals surface area (Å²) in [5.74, 6) is 0.547. The van der Waals surface area contributed by atoms with Crippen LogP contribution in [0.25, 0.3) is 0 Å². The molecule has 0 radical (unpaired) electrons. The van der Waals surface area contributed by atoms with Gasteiger partial charge in [-0.1, -0.05) is 11.6 Å². The Morgan fingerprint density at radius 1 is 1.19 bits per heavy atom. The Kier molecular flexibility index (Phi) is 2.89. The van der Waals surface area contributed by atoms with Crippen molar-refractivity contribution in [2.45, 2.75) is 24.9 Å². The van der Waals surface area contributed by atoms with Crippen LogP contribution in [-0.4, -0.2) is 22.1 Å². The highest BCUT2D eigenvalue weighted by atomic mass is 35.5. The number of halogens is 1. The second-order valence-corrected chi connectivity index (χ2v) is 5.95. The molecule has 5 nitrogen and oxygen atoms in total. The fourth-order valence-electron chi connectivity index (χ4n) is 2.87. The van der Waals surface area contributed by atoms with Crippen LogP contribution in [0.5, 0.6) is 0 Å². The Balaban J connectivity index is 1.71. The summed E-state index contributed by atoms with van der Waals surface area (Å²) in [4.78, 5) is 10.8. The topological polar surface area (TPSA) is 59.4 Å². The second kappa shape index (κ2) is 4.77. The summed E-state index contributed by atoms with van der Waals surface area (Å²) < 4.78 is 2.27. The lowest BCUT2D eigenvalue weighted by Gasteiger charge is -2.27. The van der Waals surface area contributed by atoms with Crippen molar-refractivity contribution in [3.8, 4) is 0 Å². The highest BCUT2D eigenvalue weighted by molar-refractivity contribution is 6.30. The van der Waals surface area contributed by atoms with Gasteiger partial charge in [0.1, 0.15) is 0 Å². The molecule has 1 unspecified atom stereocenters. The second-order valence-electron chi connectivity index (χ2n) is 5.52. The smallest absolute Gasteiger partial charge is 0.196 e. The summed E-state index contributed by atoms with van der Waals surface area (Å²) in [5.41, 5.74) is 8.28. The first-order valence-corrected chi connectivity index (χ1v) is 7.48. The summed E-state index contributed by atoms with van der Waals surface area (Å²) in [6.07, 6.45) is 6.31. The largest absolute Gasteiger partial charge is 0.369 e. The predicted molar refractivity (Wildman–Crippen MR) is 83.7 cm³/mol. The zero-order valence-electron chi connectivity index (χ0n) is 11.5. The highest BCUT2D eigenvalue weighted by Gasteiger charge is 2.34. The van der Waals surface area contributed by atoms with Crippen molar-refractivity contribution >= 4 is 23.2 Å². The molecule has 1 aliphatic heterocycles. The predicted octanol–water partition coefficient (Wildman–Crippen LogP) is 2.75. The van der Waals surface area contributed by atoms with Crippen LogP contribution in [0.15, 0.2) is 41.8 Å². The molecule has 1 aromatic carbocycles. The maximum absolute atomic E-state index is 6.10. The molecule has 2 aliphatic rings. The van der Waals surface area contributed by atoms with Gasteiger partial charge in [-0.25, -0.2) is 4.98 Å². The molecule has 2 heterocycles. The third kappa shape index (κ3) is 2.17. The lowest BCUT2D eigenvalue weighted by atomic mass is 10.1. The lowest BCUT2D eigenvalue weighted by Crippen LogP contribution is -2.36. The molecule has 0 bridgehead atoms. The zero-order chi connectivity index (χ0) is 14.4. The van der Waals surface area contributed by atoms with Crippen molar-refractivity contribution in [2.24, 2.45) is 10.7 Å². The van der Waals surface area contributed by atoms with Crippen molar-refractivity contribution in [1.82, 2.24) is 9.55 Å². The first kappa shape index (κ1) is 12.7. The van der Waals surface area contributed by atoms with Crippen molar-refractivity contribution in [1.29, 1.82) is 0 Å². The number of anilines is 1. The van der Waals surface area contributed by atoms with E-state index in [1.54, 1.807) is 0 Å². The Morgan fingerprint density at radius 2 is 1.95 bits per heavy atom. The Morgan fingerprint density at radius 3 is 2.67 bits per heavy atom. The molecule has 0 spiro atoms. The Labute approximate surface area is 128 Å². The molecule has 1 saturated carbocycles. The van der Waals surface area contributed by atoms with Gasteiger partial charge < -0.3 is 15.2 Å². The number of hydrogen-bond donors (Lipinski definition) is 1. The number of nitrogens with two attached hydrogens (primary N) is 1. The minimum Gasteiger partial charge on any atom is -0.369 e. The first-order valence-electron chi connectivity index (χ1n) is 7.10. The summed E-state index contributed by atoms with van der Waals surface area (Å²) in [6.45, 7) is 0.660. The van der Waals surface area contributed by atoms with Crippen LogP contribution in [0.1, 0.15) is 30.6 Å². The maximum Gasteiger partial charge on any atom is 0.196 e. The van der Waals surface area contributed by atoms with Crippen LogP contribution in [0.4, 0.5) is 5.69 Å². The SMILES string of the molecule is NC1=NCC(c2cncn2C2CC2)N1c1ccc(Cl)cc1. The number of guanidine groups is 1. The van der Waals surface area contributed by atoms with Gasteiger partial charge >= 0.3 is 0 Å². The van der Waals surface area contributed by atoms with E-state index < -0.39 is 0 Å². The minimum atomic E-state index is 0.106. The zero-order valence-corrected chi connectivity index (χ0v) is 12.2. The van der Waals surface area contributed by atoms with Crippen LogP contribution >= 0.6 is 11.6 Å². The molecule has 1 fully saturated rings. The summed E-state index contributed by atoms with van der Waals surface area (Å²) in [5, 5.41) is 0.716. The monoisotopic (exact) mass is 301 g/mol. The Bertz CT molecular complexity index is 686. The number of aromatic nitrogens is 2. The van der Waals surface area contributed by atoms with Gasteiger partial charge in [0.25, 0.3) is 0 Å². The maximum atomic E-state index is 6.10. The fraction of sp³-hybridized carbons (Fsp3) is 0.333. The molecular formula is C15H16ClN5. The summed E-state index contributed by atoms with van der Waals surface area (Å²) in [7, 11) is 0. The third-order valence-electron chi connectivity index (χ3n) is 4.07. The molecule has 1 aliphatic carbocycles. The van der Waals surface area contributed by atoms with Gasteiger partial charge in [-0.3, -0.25) is 4.99 Å². The van der Waals surface area contributed by atoms with Crippen LogP contribution < -0.4 is 10.6 Å². The van der Waals surface area contributed by atoms with Crippen molar-refractivity contribution in [3.05, 3.63) is 47.5 Å². The number of rotatable bonds is 3. The van der Waals surface area contributed by atoms with E-state index >= 15 is 0 Å². The number of benzene rings is 1. The van der Waals surface area contributed by atoms with Gasteiger partial charge in [0, 0.05) is 16.8 Å². The normalized spacial score (nSPS) is 21.7. The molecule has 2 aromatic rings. The van der Waals surface area contributed by atoms with Gasteiger partial charge in [0.2, 0.25) is 0 Å². The van der Waals surface area contributed by atoms with Gasteiger partial charge in [-0.05, 0) is 37.1 Å². The molecule has 1 atom stereocenters. The van der Waals surface area contributed by atoms with Crippen LogP contribution in [0, 0.1) is 0 Å². The van der Waals surface area contributed by atoms with Crippen LogP contribution in [0.3, 0.4) is 0 Å². The van der Waals surface area contributed by atoms with Crippen molar-refractivity contribution in [2.75, 3.05) is 11.4 Å². The van der Waals surface area contributed by atoms with E-state index in [9.17, 15) is 0 Å². The number of imidazole rings is 1. The van der Waals surface area contributed by atoms with Gasteiger partial charge in [-0.15, -0.1) is 0 Å². The lowest BCUT2D eigenvalue weighted by molar-refractivity contribution is 0.632. The Hall–Kier alpha value is -2.01. The number of aliphatic imine (C=N–C) groups is 1. The molecule has 108 valence electrons. The summed E-state index contributed by atoms with van der Waals surface area (Å²) >= 11 is 5.97.